The van der Waals surface area contributed by atoms with Gasteiger partial charge in [-0.3, -0.25) is 4.79 Å². The Labute approximate surface area is 192 Å². The number of carbonyl (C=O) groups excluding carboxylic acids is 2. The molecule has 0 aliphatic carbocycles. The molecule has 0 aromatic heterocycles. The van der Waals surface area contributed by atoms with E-state index < -0.39 is 16.1 Å². The van der Waals surface area contributed by atoms with Crippen molar-refractivity contribution in [3.8, 4) is 0 Å². The smallest absolute Gasteiger partial charge is 0.317 e. The number of amides is 3. The van der Waals surface area contributed by atoms with Crippen LogP contribution in [-0.4, -0.2) is 68.4 Å². The lowest BCUT2D eigenvalue weighted by molar-refractivity contribution is -0.136. The number of hydrogen-bond acceptors (Lipinski definition) is 4. The molecule has 3 amide bonds. The predicted octanol–water partition coefficient (Wildman–Crippen LogP) is 2.55. The van der Waals surface area contributed by atoms with E-state index in [4.69, 9.17) is 0 Å². The van der Waals surface area contributed by atoms with Gasteiger partial charge in [0.25, 0.3) is 0 Å². The molecule has 32 heavy (non-hydrogen) atoms. The number of urea groups is 1. The van der Waals surface area contributed by atoms with Gasteiger partial charge in [0.05, 0.1) is 4.90 Å². The van der Waals surface area contributed by atoms with E-state index in [0.717, 1.165) is 5.56 Å². The molecule has 0 saturated carbocycles. The third-order valence-corrected chi connectivity index (χ3v) is 7.23. The highest BCUT2D eigenvalue weighted by Crippen LogP contribution is 2.24. The van der Waals surface area contributed by atoms with E-state index in [1.165, 1.54) is 0 Å². The molecule has 0 spiro atoms. The Hall–Kier alpha value is -2.13. The van der Waals surface area contributed by atoms with E-state index in [1.807, 2.05) is 39.8 Å². The second kappa shape index (κ2) is 10.2. The highest BCUT2D eigenvalue weighted by atomic mass is 32.2. The first-order chi connectivity index (χ1) is 14.8. The van der Waals surface area contributed by atoms with E-state index in [0.29, 0.717) is 26.2 Å². The van der Waals surface area contributed by atoms with Crippen LogP contribution in [0.1, 0.15) is 54.0 Å². The molecule has 1 aromatic carbocycles. The van der Waals surface area contributed by atoms with Crippen LogP contribution in [0, 0.1) is 5.92 Å². The third-order valence-electron chi connectivity index (χ3n) is 5.77. The molecule has 8 nitrogen and oxygen atoms in total. The molecule has 1 saturated heterocycles. The zero-order valence-electron chi connectivity index (χ0n) is 20.3. The maximum absolute atomic E-state index is 13.3. The molecule has 9 heteroatoms. The fraction of sp³-hybridized carbons (Fsp3) is 0.652. The topological polar surface area (TPSA) is 98.8 Å². The van der Waals surface area contributed by atoms with Crippen LogP contribution >= 0.6 is 0 Å². The summed E-state index contributed by atoms with van der Waals surface area (Å²) in [7, 11) is -3.87. The van der Waals surface area contributed by atoms with Crippen molar-refractivity contribution in [1.82, 2.24) is 19.8 Å². The number of hydrogen-bond donors (Lipinski definition) is 2. The van der Waals surface area contributed by atoms with Gasteiger partial charge in [0.2, 0.25) is 15.9 Å². The quantitative estimate of drug-likeness (QED) is 0.673. The summed E-state index contributed by atoms with van der Waals surface area (Å²) in [5.41, 5.74) is 0.950. The molecule has 180 valence electrons. The lowest BCUT2D eigenvalue weighted by Gasteiger charge is -2.41. The van der Waals surface area contributed by atoms with Gasteiger partial charge in [0.15, 0.2) is 0 Å². The highest BCUT2D eigenvalue weighted by Gasteiger charge is 2.36. The summed E-state index contributed by atoms with van der Waals surface area (Å²) in [6.45, 7) is 15.3. The molecular formula is C23H38N4O4S. The van der Waals surface area contributed by atoms with E-state index in [-0.39, 0.29) is 34.2 Å². The lowest BCUT2D eigenvalue weighted by atomic mass is 9.87. The summed E-state index contributed by atoms with van der Waals surface area (Å²) in [5.74, 6) is -0.500. The van der Waals surface area contributed by atoms with Crippen molar-refractivity contribution in [2.75, 3.05) is 26.2 Å². The van der Waals surface area contributed by atoms with Gasteiger partial charge in [0, 0.05) is 32.2 Å². The number of piperazine rings is 1. The van der Waals surface area contributed by atoms with Gasteiger partial charge < -0.3 is 15.1 Å². The minimum Gasteiger partial charge on any atom is -0.338 e. The van der Waals surface area contributed by atoms with Gasteiger partial charge in [-0.2, -0.15) is 4.72 Å². The molecule has 2 atom stereocenters. The summed E-state index contributed by atoms with van der Waals surface area (Å²) in [5, 5.41) is 2.78. The van der Waals surface area contributed by atoms with Crippen molar-refractivity contribution in [2.24, 2.45) is 5.92 Å². The molecular weight excluding hydrogens is 428 g/mol. The van der Waals surface area contributed by atoms with Gasteiger partial charge in [-0.1, -0.05) is 46.8 Å². The van der Waals surface area contributed by atoms with Crippen molar-refractivity contribution < 1.29 is 18.0 Å². The van der Waals surface area contributed by atoms with E-state index in [1.54, 1.807) is 21.9 Å². The monoisotopic (exact) mass is 466 g/mol. The number of nitrogens with one attached hydrogen (secondary N) is 2. The van der Waals surface area contributed by atoms with Crippen molar-refractivity contribution >= 4 is 22.0 Å². The Kier molecular flexibility index (Phi) is 8.33. The molecule has 2 rings (SSSR count). The summed E-state index contributed by atoms with van der Waals surface area (Å²) in [6.07, 6.45) is 0. The van der Waals surface area contributed by atoms with Crippen LogP contribution in [0.3, 0.4) is 0 Å². The third kappa shape index (κ3) is 6.22. The summed E-state index contributed by atoms with van der Waals surface area (Å²) >= 11 is 0. The molecule has 0 bridgehead atoms. The van der Waals surface area contributed by atoms with Crippen LogP contribution in [0.25, 0.3) is 0 Å². The number of nitrogens with zero attached hydrogens (tertiary/aromatic N) is 2. The standard InChI is InChI=1S/C23H38N4O4S/c1-8-24-22(29)27-14-13-26(15-17(27)4)21(28)20(16(2)3)25-32(30,31)19-11-9-18(10-12-19)23(5,6)7/h9-12,16-17,20,25H,8,13-15H2,1-7H3,(H,24,29). The SMILES string of the molecule is CCNC(=O)N1CCN(C(=O)C(NS(=O)(=O)c2ccc(C(C)(C)C)cc2)C(C)C)CC1C. The van der Waals surface area contributed by atoms with E-state index in [2.05, 4.69) is 30.8 Å². The largest absolute Gasteiger partial charge is 0.338 e. The van der Waals surface area contributed by atoms with Gasteiger partial charge in [0.1, 0.15) is 6.04 Å². The van der Waals surface area contributed by atoms with E-state index in [9.17, 15) is 18.0 Å². The van der Waals surface area contributed by atoms with Gasteiger partial charge in [-0.05, 0) is 42.9 Å². The van der Waals surface area contributed by atoms with Crippen LogP contribution in [0.15, 0.2) is 29.2 Å². The first-order valence-corrected chi connectivity index (χ1v) is 12.7. The second-order valence-corrected chi connectivity index (χ2v) is 11.5. The van der Waals surface area contributed by atoms with Crippen LogP contribution in [0.2, 0.25) is 0 Å². The summed E-state index contributed by atoms with van der Waals surface area (Å²) in [4.78, 5) is 28.9. The molecule has 1 aliphatic rings. The maximum atomic E-state index is 13.3. The molecule has 1 heterocycles. The molecule has 1 aliphatic heterocycles. The minimum atomic E-state index is -3.87. The Morgan fingerprint density at radius 2 is 1.72 bits per heavy atom. The normalized spacial score (nSPS) is 18.6. The number of benzene rings is 1. The van der Waals surface area contributed by atoms with Crippen molar-refractivity contribution in [2.45, 2.75) is 70.9 Å². The lowest BCUT2D eigenvalue weighted by Crippen LogP contribution is -2.61. The Bertz CT molecular complexity index is 907. The number of rotatable bonds is 6. The Morgan fingerprint density at radius 3 is 2.19 bits per heavy atom. The predicted molar refractivity (Wildman–Crippen MR) is 126 cm³/mol. The highest BCUT2D eigenvalue weighted by molar-refractivity contribution is 7.89. The van der Waals surface area contributed by atoms with Crippen LogP contribution in [-0.2, 0) is 20.2 Å². The average Bonchev–Trinajstić information content (AvgIpc) is 2.71. The van der Waals surface area contributed by atoms with Gasteiger partial charge in [-0.15, -0.1) is 0 Å². The zero-order chi connectivity index (χ0) is 24.3. The molecule has 2 N–H and O–H groups in total. The second-order valence-electron chi connectivity index (χ2n) is 9.78. The Morgan fingerprint density at radius 1 is 1.12 bits per heavy atom. The number of sulfonamides is 1. The average molecular weight is 467 g/mol. The molecule has 1 aromatic rings. The summed E-state index contributed by atoms with van der Waals surface area (Å²) < 4.78 is 28.7. The van der Waals surface area contributed by atoms with Crippen molar-refractivity contribution in [3.05, 3.63) is 29.8 Å². The first-order valence-electron chi connectivity index (χ1n) is 11.2. The minimum absolute atomic E-state index is 0.0843. The Balaban J connectivity index is 2.15. The fourth-order valence-electron chi connectivity index (χ4n) is 3.75. The molecule has 0 radical (unpaired) electrons. The van der Waals surface area contributed by atoms with Crippen LogP contribution < -0.4 is 10.0 Å². The number of carbonyl (C=O) groups is 2. The molecule has 1 fully saturated rings. The first kappa shape index (κ1) is 26.1. The van der Waals surface area contributed by atoms with Gasteiger partial charge in [-0.25, -0.2) is 13.2 Å². The van der Waals surface area contributed by atoms with Crippen molar-refractivity contribution in [1.29, 1.82) is 0 Å². The van der Waals surface area contributed by atoms with Crippen LogP contribution in [0.5, 0.6) is 0 Å². The zero-order valence-corrected chi connectivity index (χ0v) is 21.1. The molecule has 2 unspecified atom stereocenters. The fourth-order valence-corrected chi connectivity index (χ4v) is 5.09. The van der Waals surface area contributed by atoms with Gasteiger partial charge >= 0.3 is 6.03 Å². The van der Waals surface area contributed by atoms with E-state index >= 15 is 0 Å². The van der Waals surface area contributed by atoms with Crippen LogP contribution in [0.4, 0.5) is 4.79 Å². The maximum Gasteiger partial charge on any atom is 0.317 e. The van der Waals surface area contributed by atoms with Crippen molar-refractivity contribution in [3.63, 3.8) is 0 Å². The summed E-state index contributed by atoms with van der Waals surface area (Å²) in [6, 6.07) is 5.59.